The minimum absolute atomic E-state index is 0.432. The number of hydrogen-bond donors (Lipinski definition) is 1. The molecule has 2 rings (SSSR count). The van der Waals surface area contributed by atoms with Crippen LogP contribution in [0.25, 0.3) is 11.3 Å². The molecule has 0 saturated heterocycles. The van der Waals surface area contributed by atoms with Gasteiger partial charge in [0.25, 0.3) is 0 Å². The van der Waals surface area contributed by atoms with Crippen LogP contribution in [-0.2, 0) is 0 Å². The van der Waals surface area contributed by atoms with Crippen molar-refractivity contribution in [3.05, 3.63) is 30.9 Å². The van der Waals surface area contributed by atoms with Crippen molar-refractivity contribution in [2.24, 2.45) is 5.92 Å². The van der Waals surface area contributed by atoms with E-state index < -0.39 is 0 Å². The van der Waals surface area contributed by atoms with Gasteiger partial charge >= 0.3 is 0 Å². The molecule has 2 N–H and O–H groups in total. The molecule has 102 valence electrons. The van der Waals surface area contributed by atoms with Crippen LogP contribution in [0.15, 0.2) is 30.9 Å². The molecule has 2 heterocycles. The zero-order valence-electron chi connectivity index (χ0n) is 11.9. The maximum atomic E-state index is 5.76. The summed E-state index contributed by atoms with van der Waals surface area (Å²) in [5.74, 6) is 1.20. The first-order valence-corrected chi connectivity index (χ1v) is 6.91. The Balaban J connectivity index is 2.37. The molecule has 0 aliphatic rings. The van der Waals surface area contributed by atoms with Crippen molar-refractivity contribution in [1.82, 2.24) is 14.5 Å². The second-order valence-electron chi connectivity index (χ2n) is 4.97. The van der Waals surface area contributed by atoms with Crippen LogP contribution in [0.5, 0.6) is 0 Å². The van der Waals surface area contributed by atoms with Gasteiger partial charge in [-0.2, -0.15) is 0 Å². The monoisotopic (exact) mass is 258 g/mol. The fourth-order valence-electron chi connectivity index (χ4n) is 2.66. The Morgan fingerprint density at radius 2 is 2.05 bits per heavy atom. The molecule has 0 aliphatic heterocycles. The number of pyridine rings is 1. The van der Waals surface area contributed by atoms with Gasteiger partial charge in [-0.1, -0.05) is 26.7 Å². The van der Waals surface area contributed by atoms with Gasteiger partial charge in [0.15, 0.2) is 0 Å². The third-order valence-electron chi connectivity index (χ3n) is 3.91. The van der Waals surface area contributed by atoms with Crippen LogP contribution in [0, 0.1) is 5.92 Å². The van der Waals surface area contributed by atoms with Crippen molar-refractivity contribution in [1.29, 1.82) is 0 Å². The van der Waals surface area contributed by atoms with Crippen LogP contribution in [0.1, 0.15) is 39.7 Å². The van der Waals surface area contributed by atoms with Crippen molar-refractivity contribution < 1.29 is 0 Å². The molecule has 2 aromatic rings. The molecule has 2 aromatic heterocycles. The third kappa shape index (κ3) is 2.78. The second-order valence-corrected chi connectivity index (χ2v) is 4.97. The number of rotatable bonds is 5. The smallest absolute Gasteiger partial charge is 0.123 e. The first kappa shape index (κ1) is 13.6. The summed E-state index contributed by atoms with van der Waals surface area (Å²) in [7, 11) is 0. The molecule has 19 heavy (non-hydrogen) atoms. The zero-order chi connectivity index (χ0) is 13.8. The quantitative estimate of drug-likeness (QED) is 0.892. The van der Waals surface area contributed by atoms with Gasteiger partial charge in [0, 0.05) is 17.8 Å². The normalized spacial score (nSPS) is 12.8. The van der Waals surface area contributed by atoms with Crippen LogP contribution < -0.4 is 5.73 Å². The Morgan fingerprint density at radius 3 is 2.68 bits per heavy atom. The van der Waals surface area contributed by atoms with E-state index in [1.165, 1.54) is 12.8 Å². The lowest BCUT2D eigenvalue weighted by atomic mass is 9.95. The molecular formula is C15H22N4. The molecule has 0 spiro atoms. The SMILES string of the molecule is CCC(CC)C(C)n1cncc1-c1ccnc(N)c1. The maximum Gasteiger partial charge on any atom is 0.123 e. The van der Waals surface area contributed by atoms with Gasteiger partial charge < -0.3 is 10.3 Å². The summed E-state index contributed by atoms with van der Waals surface area (Å²) in [6, 6.07) is 4.30. The molecule has 0 saturated carbocycles. The summed E-state index contributed by atoms with van der Waals surface area (Å²) in [6.07, 6.45) is 7.90. The van der Waals surface area contributed by atoms with E-state index in [4.69, 9.17) is 5.73 Å². The van der Waals surface area contributed by atoms with Crippen LogP contribution in [0.2, 0.25) is 0 Å². The van der Waals surface area contributed by atoms with Crippen LogP contribution in [0.4, 0.5) is 5.82 Å². The van der Waals surface area contributed by atoms with E-state index in [9.17, 15) is 0 Å². The number of nitrogen functional groups attached to an aromatic ring is 1. The third-order valence-corrected chi connectivity index (χ3v) is 3.91. The Kier molecular flexibility index (Phi) is 4.20. The van der Waals surface area contributed by atoms with Gasteiger partial charge in [-0.05, 0) is 25.0 Å². The Hall–Kier alpha value is -1.84. The van der Waals surface area contributed by atoms with Crippen LogP contribution in [-0.4, -0.2) is 14.5 Å². The van der Waals surface area contributed by atoms with Gasteiger partial charge in [0.1, 0.15) is 5.82 Å². The highest BCUT2D eigenvalue weighted by Crippen LogP contribution is 2.29. The van der Waals surface area contributed by atoms with E-state index in [-0.39, 0.29) is 0 Å². The number of hydrogen-bond acceptors (Lipinski definition) is 3. The van der Waals surface area contributed by atoms with Crippen LogP contribution in [0.3, 0.4) is 0 Å². The standard InChI is InChI=1S/C15H22N4/c1-4-12(5-2)11(3)19-10-17-9-14(19)13-6-7-18-15(16)8-13/h6-12H,4-5H2,1-3H3,(H2,16,18). The van der Waals surface area contributed by atoms with Crippen LogP contribution >= 0.6 is 0 Å². The first-order valence-electron chi connectivity index (χ1n) is 6.91. The summed E-state index contributed by atoms with van der Waals surface area (Å²) in [5.41, 5.74) is 7.94. The molecule has 0 aromatic carbocycles. The van der Waals surface area contributed by atoms with Crippen molar-refractivity contribution in [3.8, 4) is 11.3 Å². The van der Waals surface area contributed by atoms with E-state index in [1.807, 2.05) is 24.7 Å². The van der Waals surface area contributed by atoms with Crippen molar-refractivity contribution in [3.63, 3.8) is 0 Å². The van der Waals surface area contributed by atoms with Crippen molar-refractivity contribution in [2.45, 2.75) is 39.7 Å². The molecule has 0 bridgehead atoms. The molecular weight excluding hydrogens is 236 g/mol. The number of imidazole rings is 1. The summed E-state index contributed by atoms with van der Waals surface area (Å²) in [6.45, 7) is 6.74. The average Bonchev–Trinajstić information content (AvgIpc) is 2.89. The minimum atomic E-state index is 0.432. The number of anilines is 1. The van der Waals surface area contributed by atoms with Gasteiger partial charge in [0.2, 0.25) is 0 Å². The predicted molar refractivity (Wildman–Crippen MR) is 78.7 cm³/mol. The van der Waals surface area contributed by atoms with E-state index in [2.05, 4.69) is 35.3 Å². The predicted octanol–water partition coefficient (Wildman–Crippen LogP) is 3.52. The summed E-state index contributed by atoms with van der Waals surface area (Å²) >= 11 is 0. The van der Waals surface area contributed by atoms with Gasteiger partial charge in [-0.25, -0.2) is 9.97 Å². The highest BCUT2D eigenvalue weighted by molar-refractivity contribution is 5.61. The topological polar surface area (TPSA) is 56.7 Å². The van der Waals surface area contributed by atoms with E-state index in [1.54, 1.807) is 6.20 Å². The molecule has 0 amide bonds. The summed E-state index contributed by atoms with van der Waals surface area (Å²) in [4.78, 5) is 8.34. The van der Waals surface area contributed by atoms with Gasteiger partial charge in [-0.15, -0.1) is 0 Å². The largest absolute Gasteiger partial charge is 0.384 e. The maximum absolute atomic E-state index is 5.76. The number of nitrogens with two attached hydrogens (primary N) is 1. The molecule has 4 heteroatoms. The van der Waals surface area contributed by atoms with Crippen molar-refractivity contribution in [2.75, 3.05) is 5.73 Å². The van der Waals surface area contributed by atoms with E-state index in [0.29, 0.717) is 17.8 Å². The van der Waals surface area contributed by atoms with E-state index in [0.717, 1.165) is 11.3 Å². The molecule has 4 nitrogen and oxygen atoms in total. The second kappa shape index (κ2) is 5.87. The lowest BCUT2D eigenvalue weighted by Gasteiger charge is -2.24. The molecule has 0 radical (unpaired) electrons. The Labute approximate surface area is 114 Å². The molecule has 1 unspecified atom stereocenters. The fourth-order valence-corrected chi connectivity index (χ4v) is 2.66. The lowest BCUT2D eigenvalue weighted by molar-refractivity contribution is 0.335. The minimum Gasteiger partial charge on any atom is -0.384 e. The first-order chi connectivity index (χ1) is 9.17. The molecule has 0 fully saturated rings. The van der Waals surface area contributed by atoms with Crippen molar-refractivity contribution >= 4 is 5.82 Å². The average molecular weight is 258 g/mol. The van der Waals surface area contributed by atoms with Gasteiger partial charge in [-0.3, -0.25) is 0 Å². The zero-order valence-corrected chi connectivity index (χ0v) is 11.9. The van der Waals surface area contributed by atoms with Gasteiger partial charge in [0.05, 0.1) is 18.2 Å². The Morgan fingerprint density at radius 1 is 1.32 bits per heavy atom. The Bertz CT molecular complexity index is 528. The molecule has 0 aliphatic carbocycles. The summed E-state index contributed by atoms with van der Waals surface area (Å²) in [5, 5.41) is 0. The fraction of sp³-hybridized carbons (Fsp3) is 0.467. The lowest BCUT2D eigenvalue weighted by Crippen LogP contribution is -2.15. The van der Waals surface area contributed by atoms with E-state index >= 15 is 0 Å². The number of aromatic nitrogens is 3. The molecule has 1 atom stereocenters. The highest BCUT2D eigenvalue weighted by Gasteiger charge is 2.18. The highest BCUT2D eigenvalue weighted by atomic mass is 15.1. The summed E-state index contributed by atoms with van der Waals surface area (Å²) < 4.78 is 2.24. The number of nitrogens with zero attached hydrogens (tertiary/aromatic N) is 3.